The number of hydrogen-bond donors (Lipinski definition) is 0. The zero-order chi connectivity index (χ0) is 10.8. The van der Waals surface area contributed by atoms with Gasteiger partial charge < -0.3 is 0 Å². The van der Waals surface area contributed by atoms with E-state index in [4.69, 9.17) is 0 Å². The molecule has 0 saturated heterocycles. The van der Waals surface area contributed by atoms with E-state index < -0.39 is 0 Å². The van der Waals surface area contributed by atoms with Gasteiger partial charge in [0.1, 0.15) is 5.82 Å². The summed E-state index contributed by atoms with van der Waals surface area (Å²) in [6.07, 6.45) is 3.71. The summed E-state index contributed by atoms with van der Waals surface area (Å²) in [6, 6.07) is 4.66. The summed E-state index contributed by atoms with van der Waals surface area (Å²) in [5.41, 5.74) is 1.99. The van der Waals surface area contributed by atoms with Gasteiger partial charge in [0, 0.05) is 10.7 Å². The Balaban J connectivity index is 2.27. The van der Waals surface area contributed by atoms with Gasteiger partial charge in [-0.3, -0.25) is 4.68 Å². The molecule has 0 saturated carbocycles. The minimum Gasteiger partial charge on any atom is -0.268 e. The minimum atomic E-state index is -0.225. The first-order chi connectivity index (χ1) is 7.15. The summed E-state index contributed by atoms with van der Waals surface area (Å²) >= 11 is 3.39. The van der Waals surface area contributed by atoms with Crippen LogP contribution in [0.5, 0.6) is 0 Å². The standard InChI is InChI=1S/C11H10BrFN2/c1-8-5-14-15(6-8)7-9-4-10(13)2-3-11(9)12/h2-6H,7H2,1H3. The average molecular weight is 269 g/mol. The second-order valence-corrected chi connectivity index (χ2v) is 4.31. The lowest BCUT2D eigenvalue weighted by molar-refractivity contribution is 0.618. The first-order valence-electron chi connectivity index (χ1n) is 4.58. The van der Waals surface area contributed by atoms with E-state index in [0.717, 1.165) is 15.6 Å². The van der Waals surface area contributed by atoms with Gasteiger partial charge in [0.2, 0.25) is 0 Å². The molecule has 1 aromatic heterocycles. The summed E-state index contributed by atoms with van der Waals surface area (Å²) < 4.78 is 15.7. The molecule has 2 rings (SSSR count). The Hall–Kier alpha value is -1.16. The highest BCUT2D eigenvalue weighted by molar-refractivity contribution is 9.10. The number of aromatic nitrogens is 2. The Bertz CT molecular complexity index is 479. The molecule has 0 unspecified atom stereocenters. The molecule has 1 aromatic carbocycles. The maximum absolute atomic E-state index is 13.0. The molecule has 0 N–H and O–H groups in total. The van der Waals surface area contributed by atoms with Crippen LogP contribution in [0.2, 0.25) is 0 Å². The molecule has 0 atom stereocenters. The summed E-state index contributed by atoms with van der Waals surface area (Å²) in [6.45, 7) is 2.55. The lowest BCUT2D eigenvalue weighted by Gasteiger charge is -2.04. The quantitative estimate of drug-likeness (QED) is 0.819. The minimum absolute atomic E-state index is 0.225. The molecule has 0 amide bonds. The van der Waals surface area contributed by atoms with E-state index in [9.17, 15) is 4.39 Å². The van der Waals surface area contributed by atoms with Crippen LogP contribution in [0.3, 0.4) is 0 Å². The Morgan fingerprint density at radius 1 is 1.47 bits per heavy atom. The summed E-state index contributed by atoms with van der Waals surface area (Å²) in [7, 11) is 0. The Morgan fingerprint density at radius 2 is 2.27 bits per heavy atom. The molecule has 0 aliphatic carbocycles. The molecular formula is C11H10BrFN2. The molecule has 0 aliphatic rings. The molecule has 0 bridgehead atoms. The fourth-order valence-corrected chi connectivity index (χ4v) is 1.76. The van der Waals surface area contributed by atoms with Crippen molar-refractivity contribution in [3.05, 3.63) is 52.0 Å². The second-order valence-electron chi connectivity index (χ2n) is 3.45. The number of halogens is 2. The third-order valence-corrected chi connectivity index (χ3v) is 2.88. The summed E-state index contributed by atoms with van der Waals surface area (Å²) in [5.74, 6) is -0.225. The molecule has 2 nitrogen and oxygen atoms in total. The number of aryl methyl sites for hydroxylation is 1. The monoisotopic (exact) mass is 268 g/mol. The van der Waals surface area contributed by atoms with Gasteiger partial charge in [-0.25, -0.2) is 4.39 Å². The highest BCUT2D eigenvalue weighted by Crippen LogP contribution is 2.18. The fraction of sp³-hybridized carbons (Fsp3) is 0.182. The van der Waals surface area contributed by atoms with E-state index in [1.165, 1.54) is 12.1 Å². The summed E-state index contributed by atoms with van der Waals surface area (Å²) in [5, 5.41) is 4.16. The van der Waals surface area contributed by atoms with Crippen molar-refractivity contribution in [1.29, 1.82) is 0 Å². The van der Waals surface area contributed by atoms with Gasteiger partial charge in [0.05, 0.1) is 12.7 Å². The van der Waals surface area contributed by atoms with E-state index in [0.29, 0.717) is 6.54 Å². The van der Waals surface area contributed by atoms with Crippen LogP contribution in [0.25, 0.3) is 0 Å². The van der Waals surface area contributed by atoms with Gasteiger partial charge in [-0.1, -0.05) is 15.9 Å². The normalized spacial score (nSPS) is 10.6. The smallest absolute Gasteiger partial charge is 0.123 e. The van der Waals surface area contributed by atoms with E-state index in [-0.39, 0.29) is 5.82 Å². The Kier molecular flexibility index (Phi) is 2.86. The first kappa shape index (κ1) is 10.4. The molecular weight excluding hydrogens is 259 g/mol. The van der Waals surface area contributed by atoms with Gasteiger partial charge in [-0.05, 0) is 36.2 Å². The van der Waals surface area contributed by atoms with Crippen LogP contribution in [0.4, 0.5) is 4.39 Å². The number of nitrogens with zero attached hydrogens (tertiary/aromatic N) is 2. The van der Waals surface area contributed by atoms with Crippen LogP contribution in [-0.2, 0) is 6.54 Å². The molecule has 2 aromatic rings. The molecule has 0 aliphatic heterocycles. The van der Waals surface area contributed by atoms with E-state index in [1.54, 1.807) is 16.9 Å². The third kappa shape index (κ3) is 2.45. The average Bonchev–Trinajstić information content (AvgIpc) is 2.58. The zero-order valence-electron chi connectivity index (χ0n) is 8.24. The third-order valence-electron chi connectivity index (χ3n) is 2.10. The predicted molar refractivity (Wildman–Crippen MR) is 60.2 cm³/mol. The highest BCUT2D eigenvalue weighted by atomic mass is 79.9. The molecule has 0 spiro atoms. The van der Waals surface area contributed by atoms with Gasteiger partial charge in [-0.2, -0.15) is 5.10 Å². The van der Waals surface area contributed by atoms with Crippen molar-refractivity contribution in [3.63, 3.8) is 0 Å². The molecule has 78 valence electrons. The first-order valence-corrected chi connectivity index (χ1v) is 5.37. The topological polar surface area (TPSA) is 17.8 Å². The fourth-order valence-electron chi connectivity index (χ4n) is 1.39. The Labute approximate surface area is 95.9 Å². The van der Waals surface area contributed by atoms with Gasteiger partial charge in [0.15, 0.2) is 0 Å². The zero-order valence-corrected chi connectivity index (χ0v) is 9.83. The largest absolute Gasteiger partial charge is 0.268 e. The van der Waals surface area contributed by atoms with Crippen molar-refractivity contribution in [2.75, 3.05) is 0 Å². The maximum Gasteiger partial charge on any atom is 0.123 e. The van der Waals surface area contributed by atoms with Crippen molar-refractivity contribution >= 4 is 15.9 Å². The number of hydrogen-bond acceptors (Lipinski definition) is 1. The molecule has 0 fully saturated rings. The van der Waals surface area contributed by atoms with Gasteiger partial charge >= 0.3 is 0 Å². The number of benzene rings is 1. The number of rotatable bonds is 2. The van der Waals surface area contributed by atoms with Gasteiger partial charge in [-0.15, -0.1) is 0 Å². The van der Waals surface area contributed by atoms with Crippen LogP contribution in [-0.4, -0.2) is 9.78 Å². The van der Waals surface area contributed by atoms with Crippen molar-refractivity contribution in [2.24, 2.45) is 0 Å². The van der Waals surface area contributed by atoms with Crippen LogP contribution < -0.4 is 0 Å². The predicted octanol–water partition coefficient (Wildman–Crippen LogP) is 3.14. The lowest BCUT2D eigenvalue weighted by Crippen LogP contribution is -2.01. The van der Waals surface area contributed by atoms with Crippen molar-refractivity contribution < 1.29 is 4.39 Å². The van der Waals surface area contributed by atoms with E-state index >= 15 is 0 Å². The van der Waals surface area contributed by atoms with Gasteiger partial charge in [0.25, 0.3) is 0 Å². The highest BCUT2D eigenvalue weighted by Gasteiger charge is 2.03. The molecule has 0 radical (unpaired) electrons. The van der Waals surface area contributed by atoms with E-state index in [2.05, 4.69) is 21.0 Å². The van der Waals surface area contributed by atoms with Crippen LogP contribution in [0.1, 0.15) is 11.1 Å². The molecule has 4 heteroatoms. The van der Waals surface area contributed by atoms with Crippen molar-refractivity contribution in [3.8, 4) is 0 Å². The van der Waals surface area contributed by atoms with Crippen LogP contribution >= 0.6 is 15.9 Å². The Morgan fingerprint density at radius 3 is 2.93 bits per heavy atom. The molecule has 15 heavy (non-hydrogen) atoms. The second kappa shape index (κ2) is 4.14. The summed E-state index contributed by atoms with van der Waals surface area (Å²) in [4.78, 5) is 0. The van der Waals surface area contributed by atoms with Crippen molar-refractivity contribution in [1.82, 2.24) is 9.78 Å². The van der Waals surface area contributed by atoms with E-state index in [1.807, 2.05) is 13.1 Å². The lowest BCUT2D eigenvalue weighted by atomic mass is 10.2. The SMILES string of the molecule is Cc1cnn(Cc2cc(F)ccc2Br)c1. The van der Waals surface area contributed by atoms with Crippen LogP contribution in [0.15, 0.2) is 35.1 Å². The van der Waals surface area contributed by atoms with Crippen LogP contribution in [0, 0.1) is 12.7 Å². The molecule has 1 heterocycles. The maximum atomic E-state index is 13.0. The van der Waals surface area contributed by atoms with Crippen molar-refractivity contribution in [2.45, 2.75) is 13.5 Å².